The SMILES string of the molecule is CCn1cc(/C=C2/NC(=S)N(CCCOC)C2=O)cn1. The van der Waals surface area contributed by atoms with Crippen LogP contribution in [0.25, 0.3) is 6.08 Å². The molecule has 0 unspecified atom stereocenters. The summed E-state index contributed by atoms with van der Waals surface area (Å²) in [5.74, 6) is -0.102. The predicted molar refractivity (Wildman–Crippen MR) is 79.8 cm³/mol. The van der Waals surface area contributed by atoms with Crippen molar-refractivity contribution in [3.05, 3.63) is 23.7 Å². The summed E-state index contributed by atoms with van der Waals surface area (Å²) < 4.78 is 6.79. The third kappa shape index (κ3) is 3.23. The third-order valence-electron chi connectivity index (χ3n) is 2.98. The fourth-order valence-corrected chi connectivity index (χ4v) is 2.22. The summed E-state index contributed by atoms with van der Waals surface area (Å²) in [6.07, 6.45) is 6.13. The molecule has 7 heteroatoms. The number of rotatable bonds is 6. The van der Waals surface area contributed by atoms with Crippen molar-refractivity contribution in [2.75, 3.05) is 20.3 Å². The molecule has 2 heterocycles. The fourth-order valence-electron chi connectivity index (χ4n) is 1.94. The Morgan fingerprint density at radius 1 is 1.55 bits per heavy atom. The van der Waals surface area contributed by atoms with Gasteiger partial charge in [0, 0.05) is 38.6 Å². The molecule has 0 bridgehead atoms. The highest BCUT2D eigenvalue weighted by atomic mass is 32.1. The summed E-state index contributed by atoms with van der Waals surface area (Å²) in [6, 6.07) is 0. The molecule has 0 radical (unpaired) electrons. The van der Waals surface area contributed by atoms with Gasteiger partial charge in [0.2, 0.25) is 0 Å². The van der Waals surface area contributed by atoms with Crippen molar-refractivity contribution >= 4 is 29.3 Å². The van der Waals surface area contributed by atoms with E-state index in [9.17, 15) is 4.79 Å². The van der Waals surface area contributed by atoms with Crippen LogP contribution in [-0.2, 0) is 16.1 Å². The van der Waals surface area contributed by atoms with E-state index < -0.39 is 0 Å². The number of hydrogen-bond donors (Lipinski definition) is 1. The summed E-state index contributed by atoms with van der Waals surface area (Å²) in [5, 5.41) is 7.56. The Kier molecular flexibility index (Phi) is 4.86. The lowest BCUT2D eigenvalue weighted by Gasteiger charge is -2.12. The van der Waals surface area contributed by atoms with Gasteiger partial charge in [0.25, 0.3) is 5.91 Å². The number of aromatic nitrogens is 2. The minimum atomic E-state index is -0.102. The standard InChI is InChI=1S/C13H18N4O2S/c1-3-16-9-10(8-14-16)7-11-12(18)17(13(20)15-11)5-4-6-19-2/h7-9H,3-6H2,1-2H3,(H,15,20)/b11-7+. The number of thiocarbonyl (C=S) groups is 1. The number of aryl methyl sites for hydroxylation is 1. The summed E-state index contributed by atoms with van der Waals surface area (Å²) in [5.41, 5.74) is 1.37. The van der Waals surface area contributed by atoms with Gasteiger partial charge in [-0.15, -0.1) is 0 Å². The van der Waals surface area contributed by atoms with Gasteiger partial charge in [-0.25, -0.2) is 0 Å². The molecular formula is C13H18N4O2S. The first-order chi connectivity index (χ1) is 9.65. The molecule has 0 spiro atoms. The Morgan fingerprint density at radius 3 is 3.00 bits per heavy atom. The highest BCUT2D eigenvalue weighted by Gasteiger charge is 2.29. The highest BCUT2D eigenvalue weighted by molar-refractivity contribution is 7.80. The Balaban J connectivity index is 2.06. The van der Waals surface area contributed by atoms with Crippen LogP contribution in [0.15, 0.2) is 18.1 Å². The molecule has 1 aromatic heterocycles. The zero-order valence-corrected chi connectivity index (χ0v) is 12.4. The van der Waals surface area contributed by atoms with Gasteiger partial charge in [-0.3, -0.25) is 14.4 Å². The molecular weight excluding hydrogens is 276 g/mol. The van der Waals surface area contributed by atoms with Crippen LogP contribution in [0.1, 0.15) is 18.9 Å². The quantitative estimate of drug-likeness (QED) is 0.482. The number of carbonyl (C=O) groups excluding carboxylic acids is 1. The van der Waals surface area contributed by atoms with Crippen molar-refractivity contribution in [3.8, 4) is 0 Å². The van der Waals surface area contributed by atoms with Gasteiger partial charge in [-0.05, 0) is 31.6 Å². The van der Waals surface area contributed by atoms with Crippen LogP contribution in [0.2, 0.25) is 0 Å². The van der Waals surface area contributed by atoms with Gasteiger partial charge in [-0.2, -0.15) is 5.10 Å². The average Bonchev–Trinajstić information content (AvgIpc) is 2.99. The van der Waals surface area contributed by atoms with E-state index in [-0.39, 0.29) is 5.91 Å². The Morgan fingerprint density at radius 2 is 2.35 bits per heavy atom. The molecule has 2 rings (SSSR count). The second-order valence-corrected chi connectivity index (χ2v) is 4.81. The second-order valence-electron chi connectivity index (χ2n) is 4.42. The van der Waals surface area contributed by atoms with Crippen LogP contribution in [0.5, 0.6) is 0 Å². The van der Waals surface area contributed by atoms with Crippen molar-refractivity contribution in [1.29, 1.82) is 0 Å². The molecule has 0 aromatic carbocycles. The molecule has 1 aliphatic rings. The maximum atomic E-state index is 12.2. The molecule has 20 heavy (non-hydrogen) atoms. The average molecular weight is 294 g/mol. The fraction of sp³-hybridized carbons (Fsp3) is 0.462. The summed E-state index contributed by atoms with van der Waals surface area (Å²) >= 11 is 5.18. The smallest absolute Gasteiger partial charge is 0.276 e. The lowest BCUT2D eigenvalue weighted by Crippen LogP contribution is -2.32. The van der Waals surface area contributed by atoms with Gasteiger partial charge < -0.3 is 10.1 Å². The van der Waals surface area contributed by atoms with E-state index in [1.807, 2.05) is 13.1 Å². The van der Waals surface area contributed by atoms with E-state index in [0.29, 0.717) is 24.0 Å². The molecule has 1 fully saturated rings. The van der Waals surface area contributed by atoms with E-state index in [4.69, 9.17) is 17.0 Å². The Bertz CT molecular complexity index is 538. The number of nitrogens with one attached hydrogen (secondary N) is 1. The van der Waals surface area contributed by atoms with E-state index in [0.717, 1.165) is 18.5 Å². The zero-order valence-electron chi connectivity index (χ0n) is 11.6. The first-order valence-electron chi connectivity index (χ1n) is 6.51. The van der Waals surface area contributed by atoms with Gasteiger partial charge in [0.05, 0.1) is 6.20 Å². The normalized spacial score (nSPS) is 17.1. The van der Waals surface area contributed by atoms with E-state index in [1.54, 1.807) is 29.0 Å². The van der Waals surface area contributed by atoms with Crippen LogP contribution < -0.4 is 5.32 Å². The van der Waals surface area contributed by atoms with E-state index in [2.05, 4.69) is 10.4 Å². The lowest BCUT2D eigenvalue weighted by atomic mass is 10.2. The van der Waals surface area contributed by atoms with Crippen LogP contribution in [0.3, 0.4) is 0 Å². The molecule has 0 atom stereocenters. The van der Waals surface area contributed by atoms with Crippen LogP contribution in [-0.4, -0.2) is 46.0 Å². The molecule has 1 aromatic rings. The number of nitrogens with zero attached hydrogens (tertiary/aromatic N) is 3. The molecule has 108 valence electrons. The maximum Gasteiger partial charge on any atom is 0.276 e. The molecule has 1 N–H and O–H groups in total. The first-order valence-corrected chi connectivity index (χ1v) is 6.92. The van der Waals surface area contributed by atoms with Gasteiger partial charge in [0.1, 0.15) is 5.70 Å². The van der Waals surface area contributed by atoms with Crippen molar-refractivity contribution in [1.82, 2.24) is 20.0 Å². The monoisotopic (exact) mass is 294 g/mol. The Labute approximate surface area is 123 Å². The largest absolute Gasteiger partial charge is 0.385 e. The topological polar surface area (TPSA) is 59.4 Å². The Hall–Kier alpha value is -1.73. The molecule has 1 aliphatic heterocycles. The van der Waals surface area contributed by atoms with Crippen molar-refractivity contribution in [2.45, 2.75) is 19.9 Å². The molecule has 0 aliphatic carbocycles. The van der Waals surface area contributed by atoms with Crippen LogP contribution in [0, 0.1) is 0 Å². The molecule has 0 saturated carbocycles. The molecule has 1 amide bonds. The van der Waals surface area contributed by atoms with E-state index >= 15 is 0 Å². The number of methoxy groups -OCH3 is 1. The summed E-state index contributed by atoms with van der Waals surface area (Å²) in [7, 11) is 1.64. The first kappa shape index (κ1) is 14.7. The lowest BCUT2D eigenvalue weighted by molar-refractivity contribution is -0.122. The highest BCUT2D eigenvalue weighted by Crippen LogP contribution is 2.14. The third-order valence-corrected chi connectivity index (χ3v) is 3.30. The van der Waals surface area contributed by atoms with Crippen molar-refractivity contribution < 1.29 is 9.53 Å². The van der Waals surface area contributed by atoms with Crippen molar-refractivity contribution in [3.63, 3.8) is 0 Å². The number of ether oxygens (including phenoxy) is 1. The number of carbonyl (C=O) groups is 1. The van der Waals surface area contributed by atoms with Gasteiger partial charge >= 0.3 is 0 Å². The predicted octanol–water partition coefficient (Wildman–Crippen LogP) is 0.997. The summed E-state index contributed by atoms with van der Waals surface area (Å²) in [4.78, 5) is 13.8. The molecule has 6 nitrogen and oxygen atoms in total. The zero-order chi connectivity index (χ0) is 14.5. The minimum Gasteiger partial charge on any atom is -0.385 e. The molecule has 1 saturated heterocycles. The number of hydrogen-bond acceptors (Lipinski definition) is 4. The number of amides is 1. The minimum absolute atomic E-state index is 0.102. The summed E-state index contributed by atoms with van der Waals surface area (Å²) in [6.45, 7) is 3.97. The van der Waals surface area contributed by atoms with Crippen molar-refractivity contribution in [2.24, 2.45) is 0 Å². The maximum absolute atomic E-state index is 12.2. The van der Waals surface area contributed by atoms with Gasteiger partial charge in [-0.1, -0.05) is 0 Å². The van der Waals surface area contributed by atoms with Crippen LogP contribution in [0.4, 0.5) is 0 Å². The van der Waals surface area contributed by atoms with E-state index in [1.165, 1.54) is 0 Å². The van der Waals surface area contributed by atoms with Crippen LogP contribution >= 0.6 is 12.2 Å². The second kappa shape index (κ2) is 6.62. The van der Waals surface area contributed by atoms with Gasteiger partial charge in [0.15, 0.2) is 5.11 Å².